The van der Waals surface area contributed by atoms with E-state index >= 15 is 0 Å². The molecule has 2 heteroatoms. The van der Waals surface area contributed by atoms with Crippen LogP contribution in [0.15, 0.2) is 174 Å². The van der Waals surface area contributed by atoms with E-state index in [1.165, 1.54) is 92.2 Å². The molecule has 10 rings (SSSR count). The molecule has 1 aliphatic rings. The van der Waals surface area contributed by atoms with E-state index < -0.39 is 0 Å². The van der Waals surface area contributed by atoms with Gasteiger partial charge in [0.2, 0.25) is 0 Å². The summed E-state index contributed by atoms with van der Waals surface area (Å²) >= 11 is 1.88. The summed E-state index contributed by atoms with van der Waals surface area (Å²) in [5.41, 5.74) is 11.2. The highest BCUT2D eigenvalue weighted by molar-refractivity contribution is 7.99. The monoisotopic (exact) mass is 601 g/mol. The normalized spacial score (nSPS) is 12.3. The van der Waals surface area contributed by atoms with Crippen LogP contribution in [-0.4, -0.2) is 4.57 Å². The van der Waals surface area contributed by atoms with Crippen LogP contribution >= 0.6 is 11.8 Å². The second-order valence-electron chi connectivity index (χ2n) is 12.1. The lowest BCUT2D eigenvalue weighted by Crippen LogP contribution is -1.94. The van der Waals surface area contributed by atoms with Crippen LogP contribution in [0.3, 0.4) is 0 Å². The van der Waals surface area contributed by atoms with Crippen molar-refractivity contribution in [1.82, 2.24) is 4.57 Å². The van der Waals surface area contributed by atoms with Crippen LogP contribution in [0.1, 0.15) is 0 Å². The Bertz CT molecular complexity index is 2660. The second-order valence-corrected chi connectivity index (χ2v) is 13.2. The Balaban J connectivity index is 1.23. The molecule has 1 aliphatic heterocycles. The standard InChI is InChI=1S/C44H27NS/c1-2-14-30(15-3-1)45-39-22-8-6-19-37(39)43-35-18-5-4-16-32(35)38(27-40(43)45)29-13-10-12-28(26-29)31-24-25-42-44-34(31)20-11-21-36(44)33-17-7-9-23-41(33)46-42/h1-27H. The van der Waals surface area contributed by atoms with Gasteiger partial charge < -0.3 is 4.57 Å². The van der Waals surface area contributed by atoms with Crippen LogP contribution in [0.5, 0.6) is 0 Å². The van der Waals surface area contributed by atoms with Gasteiger partial charge in [-0.25, -0.2) is 0 Å². The van der Waals surface area contributed by atoms with Crippen LogP contribution in [0, 0.1) is 0 Å². The van der Waals surface area contributed by atoms with E-state index in [2.05, 4.69) is 168 Å². The largest absolute Gasteiger partial charge is 0.309 e. The summed E-state index contributed by atoms with van der Waals surface area (Å²) in [4.78, 5) is 2.65. The molecule has 0 amide bonds. The van der Waals surface area contributed by atoms with Crippen molar-refractivity contribution in [1.29, 1.82) is 0 Å². The van der Waals surface area contributed by atoms with Crippen molar-refractivity contribution in [2.75, 3.05) is 0 Å². The fraction of sp³-hybridized carbons (Fsp3) is 0. The average molecular weight is 602 g/mol. The van der Waals surface area contributed by atoms with E-state index in [1.807, 2.05) is 11.8 Å². The zero-order chi connectivity index (χ0) is 30.2. The van der Waals surface area contributed by atoms with Crippen molar-refractivity contribution < 1.29 is 0 Å². The number of para-hydroxylation sites is 2. The molecule has 0 aliphatic carbocycles. The van der Waals surface area contributed by atoms with Gasteiger partial charge in [0.15, 0.2) is 0 Å². The molecule has 0 saturated carbocycles. The molecule has 0 atom stereocenters. The molecular weight excluding hydrogens is 575 g/mol. The Labute approximate surface area is 271 Å². The van der Waals surface area contributed by atoms with Gasteiger partial charge >= 0.3 is 0 Å². The Kier molecular flexibility index (Phi) is 5.58. The molecule has 0 saturated heterocycles. The molecule has 9 aromatic rings. The van der Waals surface area contributed by atoms with Crippen molar-refractivity contribution >= 4 is 55.1 Å². The highest BCUT2D eigenvalue weighted by Crippen LogP contribution is 2.50. The maximum absolute atomic E-state index is 2.42. The quantitative estimate of drug-likeness (QED) is 0.195. The highest BCUT2D eigenvalue weighted by atomic mass is 32.2. The smallest absolute Gasteiger partial charge is 0.0553 e. The summed E-state index contributed by atoms with van der Waals surface area (Å²) in [5.74, 6) is 0. The third kappa shape index (κ3) is 3.71. The number of rotatable bonds is 3. The molecule has 8 aromatic carbocycles. The first-order chi connectivity index (χ1) is 22.8. The summed E-state index contributed by atoms with van der Waals surface area (Å²) < 4.78 is 2.42. The van der Waals surface area contributed by atoms with Gasteiger partial charge in [-0.05, 0) is 92.0 Å². The Hall–Kier alpha value is -5.57. The Morgan fingerprint density at radius 2 is 1.02 bits per heavy atom. The number of hydrogen-bond acceptors (Lipinski definition) is 1. The molecule has 46 heavy (non-hydrogen) atoms. The molecule has 1 aromatic heterocycles. The van der Waals surface area contributed by atoms with Crippen molar-refractivity contribution in [2.24, 2.45) is 0 Å². The van der Waals surface area contributed by atoms with Gasteiger partial charge in [0, 0.05) is 31.6 Å². The fourth-order valence-corrected chi connectivity index (χ4v) is 8.74. The average Bonchev–Trinajstić information content (AvgIpc) is 3.46. The maximum atomic E-state index is 2.42. The molecule has 0 N–H and O–H groups in total. The molecule has 0 fully saturated rings. The molecule has 2 heterocycles. The van der Waals surface area contributed by atoms with E-state index in [1.54, 1.807) is 0 Å². The minimum atomic E-state index is 1.17. The summed E-state index contributed by atoms with van der Waals surface area (Å²) in [5, 5.41) is 7.79. The third-order valence-electron chi connectivity index (χ3n) is 9.58. The van der Waals surface area contributed by atoms with Crippen molar-refractivity contribution in [3.05, 3.63) is 164 Å². The number of aromatic nitrogens is 1. The predicted octanol–water partition coefficient (Wildman–Crippen LogP) is 12.6. The maximum Gasteiger partial charge on any atom is 0.0553 e. The SMILES string of the molecule is c1ccc(-n2c3ccccc3c3c4ccccc4c(-c4cccc(-c5ccc6c7c(cccc57)-c5ccccc5S6)c4)cc32)cc1. The van der Waals surface area contributed by atoms with Gasteiger partial charge in [-0.2, -0.15) is 0 Å². The van der Waals surface area contributed by atoms with Gasteiger partial charge in [0.25, 0.3) is 0 Å². The van der Waals surface area contributed by atoms with E-state index in [4.69, 9.17) is 0 Å². The van der Waals surface area contributed by atoms with Crippen LogP contribution in [0.2, 0.25) is 0 Å². The van der Waals surface area contributed by atoms with Gasteiger partial charge in [-0.1, -0.05) is 133 Å². The molecule has 0 radical (unpaired) electrons. The summed E-state index contributed by atoms with van der Waals surface area (Å²) in [6.45, 7) is 0. The Morgan fingerprint density at radius 1 is 0.348 bits per heavy atom. The Morgan fingerprint density at radius 3 is 1.91 bits per heavy atom. The minimum Gasteiger partial charge on any atom is -0.309 e. The lowest BCUT2D eigenvalue weighted by atomic mass is 9.90. The highest BCUT2D eigenvalue weighted by Gasteiger charge is 2.21. The molecule has 0 spiro atoms. The van der Waals surface area contributed by atoms with Crippen molar-refractivity contribution in [3.63, 3.8) is 0 Å². The lowest BCUT2D eigenvalue weighted by molar-refractivity contribution is 1.18. The number of nitrogens with zero attached hydrogens (tertiary/aromatic N) is 1. The number of benzene rings is 8. The molecular formula is C44H27NS. The van der Waals surface area contributed by atoms with Crippen LogP contribution in [0.25, 0.3) is 82.4 Å². The molecule has 0 unspecified atom stereocenters. The number of hydrogen-bond donors (Lipinski definition) is 0. The van der Waals surface area contributed by atoms with Crippen molar-refractivity contribution in [3.8, 4) is 39.1 Å². The predicted molar refractivity (Wildman–Crippen MR) is 196 cm³/mol. The van der Waals surface area contributed by atoms with Gasteiger partial charge in [-0.3, -0.25) is 0 Å². The zero-order valence-corrected chi connectivity index (χ0v) is 25.8. The summed E-state index contributed by atoms with van der Waals surface area (Å²) in [7, 11) is 0. The van der Waals surface area contributed by atoms with E-state index in [0.29, 0.717) is 0 Å². The topological polar surface area (TPSA) is 4.93 Å². The van der Waals surface area contributed by atoms with Crippen LogP contribution in [0.4, 0.5) is 0 Å². The van der Waals surface area contributed by atoms with Gasteiger partial charge in [0.1, 0.15) is 0 Å². The number of fused-ring (bicyclic) bond motifs is 7. The first-order valence-corrected chi connectivity index (χ1v) is 16.6. The lowest BCUT2D eigenvalue weighted by Gasteiger charge is -2.21. The van der Waals surface area contributed by atoms with Crippen molar-refractivity contribution in [2.45, 2.75) is 9.79 Å². The zero-order valence-electron chi connectivity index (χ0n) is 24.9. The summed E-state index contributed by atoms with van der Waals surface area (Å²) in [6.07, 6.45) is 0. The minimum absolute atomic E-state index is 1.17. The van der Waals surface area contributed by atoms with Crippen LogP contribution in [-0.2, 0) is 0 Å². The fourth-order valence-electron chi connectivity index (χ4n) is 7.61. The molecule has 1 nitrogen and oxygen atoms in total. The van der Waals surface area contributed by atoms with Gasteiger partial charge in [-0.15, -0.1) is 0 Å². The first-order valence-electron chi connectivity index (χ1n) is 15.8. The summed E-state index contributed by atoms with van der Waals surface area (Å²) in [6, 6.07) is 60.2. The molecule has 214 valence electrons. The first kappa shape index (κ1) is 25.7. The van der Waals surface area contributed by atoms with E-state index in [0.717, 1.165) is 0 Å². The molecule has 0 bridgehead atoms. The van der Waals surface area contributed by atoms with Gasteiger partial charge in [0.05, 0.1) is 11.0 Å². The second kappa shape index (κ2) is 9.97. The van der Waals surface area contributed by atoms with Crippen LogP contribution < -0.4 is 0 Å². The van der Waals surface area contributed by atoms with E-state index in [-0.39, 0.29) is 0 Å². The third-order valence-corrected chi connectivity index (χ3v) is 10.7. The van der Waals surface area contributed by atoms with E-state index in [9.17, 15) is 0 Å².